The van der Waals surface area contributed by atoms with Crippen LogP contribution in [0.5, 0.6) is 0 Å². The van der Waals surface area contributed by atoms with E-state index in [4.69, 9.17) is 0 Å². The Morgan fingerprint density at radius 3 is 2.50 bits per heavy atom. The Hall–Kier alpha value is -2.62. The van der Waals surface area contributed by atoms with Crippen molar-refractivity contribution in [2.45, 2.75) is 36.9 Å². The molecule has 1 aliphatic carbocycles. The maximum atomic E-state index is 12.1. The van der Waals surface area contributed by atoms with Crippen LogP contribution in [0.2, 0.25) is 0 Å². The van der Waals surface area contributed by atoms with Crippen molar-refractivity contribution in [3.8, 4) is 0 Å². The average Bonchev–Trinajstić information content (AvgIpc) is 3.32. The fraction of sp³-hybridized carbons (Fsp3) is 0.438. The maximum absolute atomic E-state index is 12.1. The minimum Gasteiger partial charge on any atom is -0.453 e. The quantitative estimate of drug-likeness (QED) is 0.746. The Labute approximate surface area is 154 Å². The molecule has 1 aliphatic rings. The lowest BCUT2D eigenvalue weighted by atomic mass is 10.3. The first-order chi connectivity index (χ1) is 12.7. The van der Waals surface area contributed by atoms with Crippen LogP contribution >= 0.6 is 11.8 Å². The Morgan fingerprint density at radius 1 is 1.19 bits per heavy atom. The molecule has 1 aromatic carbocycles. The standard InChI is InChI=1S/C16H20N6O3S/c1-25-16(24)18-12-8-6-11(7-9-12)17-14(23)10-26-15-19-20-21-22(15)13-4-2-3-5-13/h6-9,13H,2-5,10H2,1H3,(H,17,23)(H,18,24). The normalized spacial score (nSPS) is 14.2. The van der Waals surface area contributed by atoms with Crippen molar-refractivity contribution in [2.75, 3.05) is 23.5 Å². The predicted molar refractivity (Wildman–Crippen MR) is 97.1 cm³/mol. The molecule has 0 saturated heterocycles. The molecule has 0 radical (unpaired) electrons. The highest BCUT2D eigenvalue weighted by atomic mass is 32.2. The highest BCUT2D eigenvalue weighted by Crippen LogP contribution is 2.31. The van der Waals surface area contributed by atoms with Crippen LogP contribution in [0.3, 0.4) is 0 Å². The lowest BCUT2D eigenvalue weighted by molar-refractivity contribution is -0.113. The molecule has 0 aliphatic heterocycles. The van der Waals surface area contributed by atoms with Gasteiger partial charge in [-0.3, -0.25) is 10.1 Å². The predicted octanol–water partition coefficient (Wildman–Crippen LogP) is 2.70. The minimum atomic E-state index is -0.543. The Bertz CT molecular complexity index is 758. The summed E-state index contributed by atoms with van der Waals surface area (Å²) in [4.78, 5) is 23.3. The number of carbonyl (C=O) groups is 2. The van der Waals surface area contributed by atoms with E-state index in [-0.39, 0.29) is 11.7 Å². The molecule has 138 valence electrons. The van der Waals surface area contributed by atoms with E-state index < -0.39 is 6.09 Å². The van der Waals surface area contributed by atoms with Crippen LogP contribution in [0.15, 0.2) is 29.4 Å². The van der Waals surface area contributed by atoms with Gasteiger partial charge in [-0.1, -0.05) is 24.6 Å². The van der Waals surface area contributed by atoms with Gasteiger partial charge in [-0.2, -0.15) is 0 Å². The van der Waals surface area contributed by atoms with Crippen molar-refractivity contribution in [3.63, 3.8) is 0 Å². The van der Waals surface area contributed by atoms with Gasteiger partial charge in [-0.05, 0) is 47.5 Å². The summed E-state index contributed by atoms with van der Waals surface area (Å²) in [6, 6.07) is 7.11. The zero-order valence-corrected chi connectivity index (χ0v) is 15.2. The molecule has 0 spiro atoms. The molecular formula is C16H20N6O3S. The molecule has 9 nitrogen and oxygen atoms in total. The van der Waals surface area contributed by atoms with E-state index in [9.17, 15) is 9.59 Å². The molecule has 0 atom stereocenters. The molecule has 26 heavy (non-hydrogen) atoms. The highest BCUT2D eigenvalue weighted by molar-refractivity contribution is 7.99. The molecular weight excluding hydrogens is 356 g/mol. The largest absolute Gasteiger partial charge is 0.453 e. The van der Waals surface area contributed by atoms with Gasteiger partial charge in [0.05, 0.1) is 18.9 Å². The van der Waals surface area contributed by atoms with Crippen LogP contribution in [0.1, 0.15) is 31.7 Å². The van der Waals surface area contributed by atoms with Gasteiger partial charge in [0.1, 0.15) is 0 Å². The smallest absolute Gasteiger partial charge is 0.411 e. The van der Waals surface area contributed by atoms with Crippen molar-refractivity contribution >= 4 is 35.1 Å². The molecule has 2 amide bonds. The third-order valence-electron chi connectivity index (χ3n) is 4.07. The lowest BCUT2D eigenvalue weighted by Gasteiger charge is -2.11. The van der Waals surface area contributed by atoms with Crippen LogP contribution in [0.25, 0.3) is 0 Å². The number of methoxy groups -OCH3 is 1. The van der Waals surface area contributed by atoms with Crippen LogP contribution in [0.4, 0.5) is 16.2 Å². The number of hydrogen-bond donors (Lipinski definition) is 2. The molecule has 0 bridgehead atoms. The second-order valence-electron chi connectivity index (χ2n) is 5.88. The number of aromatic nitrogens is 4. The summed E-state index contributed by atoms with van der Waals surface area (Å²) in [5, 5.41) is 17.8. The van der Waals surface area contributed by atoms with Crippen LogP contribution in [-0.2, 0) is 9.53 Å². The number of nitrogens with one attached hydrogen (secondary N) is 2. The molecule has 10 heteroatoms. The first-order valence-electron chi connectivity index (χ1n) is 8.31. The molecule has 1 heterocycles. The Kier molecular flexibility index (Phi) is 6.05. The summed E-state index contributed by atoms with van der Waals surface area (Å²) in [6.07, 6.45) is 4.00. The zero-order valence-electron chi connectivity index (χ0n) is 14.3. The van der Waals surface area contributed by atoms with E-state index in [0.29, 0.717) is 22.6 Å². The Morgan fingerprint density at radius 2 is 1.85 bits per heavy atom. The second kappa shape index (κ2) is 8.65. The first-order valence-corrected chi connectivity index (χ1v) is 9.30. The third kappa shape index (κ3) is 4.72. The monoisotopic (exact) mass is 376 g/mol. The summed E-state index contributed by atoms with van der Waals surface area (Å²) in [7, 11) is 1.30. The SMILES string of the molecule is COC(=O)Nc1ccc(NC(=O)CSc2nnnn2C2CCCC2)cc1. The van der Waals surface area contributed by atoms with E-state index in [1.807, 2.05) is 4.68 Å². The maximum Gasteiger partial charge on any atom is 0.411 e. The van der Waals surface area contributed by atoms with E-state index in [0.717, 1.165) is 12.8 Å². The third-order valence-corrected chi connectivity index (χ3v) is 5.00. The summed E-state index contributed by atoms with van der Waals surface area (Å²) < 4.78 is 6.35. The van der Waals surface area contributed by atoms with Crippen molar-refractivity contribution in [1.29, 1.82) is 0 Å². The van der Waals surface area contributed by atoms with E-state index in [1.165, 1.54) is 31.7 Å². The number of anilines is 2. The van der Waals surface area contributed by atoms with Crippen molar-refractivity contribution in [1.82, 2.24) is 20.2 Å². The number of hydrogen-bond acceptors (Lipinski definition) is 7. The van der Waals surface area contributed by atoms with Gasteiger partial charge >= 0.3 is 6.09 Å². The van der Waals surface area contributed by atoms with Crippen LogP contribution in [-0.4, -0.2) is 45.1 Å². The zero-order chi connectivity index (χ0) is 18.4. The second-order valence-corrected chi connectivity index (χ2v) is 6.82. The van der Waals surface area contributed by atoms with Crippen LogP contribution < -0.4 is 10.6 Å². The summed E-state index contributed by atoms with van der Waals surface area (Å²) in [5.41, 5.74) is 1.22. The van der Waals surface area contributed by atoms with E-state index >= 15 is 0 Å². The molecule has 1 saturated carbocycles. The fourth-order valence-corrected chi connectivity index (χ4v) is 3.54. The lowest BCUT2D eigenvalue weighted by Crippen LogP contribution is -2.15. The van der Waals surface area contributed by atoms with Gasteiger partial charge in [0.15, 0.2) is 0 Å². The number of benzene rings is 1. The van der Waals surface area contributed by atoms with Gasteiger partial charge in [-0.25, -0.2) is 9.48 Å². The van der Waals surface area contributed by atoms with Gasteiger partial charge in [0, 0.05) is 11.4 Å². The molecule has 2 aromatic rings. The number of nitrogens with zero attached hydrogens (tertiary/aromatic N) is 4. The summed E-state index contributed by atoms with van der Waals surface area (Å²) in [6.45, 7) is 0. The summed E-state index contributed by atoms with van der Waals surface area (Å²) >= 11 is 1.32. The van der Waals surface area contributed by atoms with E-state index in [1.54, 1.807) is 24.3 Å². The minimum absolute atomic E-state index is 0.148. The Balaban J connectivity index is 1.50. The summed E-state index contributed by atoms with van der Waals surface area (Å²) in [5.74, 6) is 0.0690. The van der Waals surface area contributed by atoms with E-state index in [2.05, 4.69) is 30.9 Å². The number of ether oxygens (including phenoxy) is 1. The first kappa shape index (κ1) is 18.2. The van der Waals surface area contributed by atoms with Crippen molar-refractivity contribution in [2.24, 2.45) is 0 Å². The molecule has 1 aromatic heterocycles. The molecule has 0 unspecified atom stereocenters. The van der Waals surface area contributed by atoms with Gasteiger partial charge in [-0.15, -0.1) is 5.10 Å². The number of tetrazole rings is 1. The average molecular weight is 376 g/mol. The van der Waals surface area contributed by atoms with Crippen molar-refractivity contribution in [3.05, 3.63) is 24.3 Å². The van der Waals surface area contributed by atoms with Gasteiger partial charge in [0.25, 0.3) is 0 Å². The van der Waals surface area contributed by atoms with Crippen LogP contribution in [0, 0.1) is 0 Å². The van der Waals surface area contributed by atoms with Gasteiger partial charge in [0.2, 0.25) is 11.1 Å². The van der Waals surface area contributed by atoms with Gasteiger partial charge < -0.3 is 10.1 Å². The number of rotatable bonds is 6. The van der Waals surface area contributed by atoms with Crippen molar-refractivity contribution < 1.29 is 14.3 Å². The highest BCUT2D eigenvalue weighted by Gasteiger charge is 2.22. The molecule has 1 fully saturated rings. The molecule has 3 rings (SSSR count). The number of thioether (sulfide) groups is 1. The molecule has 2 N–H and O–H groups in total. The fourth-order valence-electron chi connectivity index (χ4n) is 2.79. The topological polar surface area (TPSA) is 111 Å². The number of carbonyl (C=O) groups excluding carboxylic acids is 2. The number of amides is 2.